The monoisotopic (exact) mass is 237 g/mol. The van der Waals surface area contributed by atoms with Crippen LogP contribution in [0.4, 0.5) is 4.39 Å². The van der Waals surface area contributed by atoms with Gasteiger partial charge in [-0.25, -0.2) is 4.39 Å². The molecule has 0 saturated carbocycles. The molecular formula is C14H20FNO. The van der Waals surface area contributed by atoms with Crippen LogP contribution in [0.25, 0.3) is 0 Å². The van der Waals surface area contributed by atoms with Crippen molar-refractivity contribution < 1.29 is 9.50 Å². The summed E-state index contributed by atoms with van der Waals surface area (Å²) >= 11 is 0. The van der Waals surface area contributed by atoms with E-state index in [1.54, 1.807) is 6.07 Å². The Bertz CT molecular complexity index is 372. The summed E-state index contributed by atoms with van der Waals surface area (Å²) < 4.78 is 13.2. The number of aliphatic hydroxyl groups is 1. The third kappa shape index (κ3) is 2.85. The minimum atomic E-state index is -0.841. The maximum Gasteiger partial charge on any atom is 0.123 e. The number of halogens is 1. The van der Waals surface area contributed by atoms with E-state index < -0.39 is 5.60 Å². The summed E-state index contributed by atoms with van der Waals surface area (Å²) in [5.41, 5.74) is -0.125. The van der Waals surface area contributed by atoms with Crippen molar-refractivity contribution in [3.05, 3.63) is 35.6 Å². The molecule has 94 valence electrons. The van der Waals surface area contributed by atoms with Crippen LogP contribution in [0, 0.1) is 5.82 Å². The lowest BCUT2D eigenvalue weighted by Crippen LogP contribution is -2.42. The molecule has 0 unspecified atom stereocenters. The number of nitrogens with zero attached hydrogens (tertiary/aromatic N) is 1. The van der Waals surface area contributed by atoms with Crippen molar-refractivity contribution >= 4 is 0 Å². The van der Waals surface area contributed by atoms with Crippen LogP contribution in [0.1, 0.15) is 31.7 Å². The number of hydrogen-bond donors (Lipinski definition) is 1. The second kappa shape index (κ2) is 5.15. The summed E-state index contributed by atoms with van der Waals surface area (Å²) in [5.74, 6) is -0.271. The average Bonchev–Trinajstić information content (AvgIpc) is 2.33. The Labute approximate surface area is 102 Å². The van der Waals surface area contributed by atoms with Crippen molar-refractivity contribution in [2.45, 2.75) is 31.8 Å². The summed E-state index contributed by atoms with van der Waals surface area (Å²) in [6.07, 6.45) is 2.52. The van der Waals surface area contributed by atoms with Crippen LogP contribution in [-0.2, 0) is 5.60 Å². The molecule has 17 heavy (non-hydrogen) atoms. The number of rotatable bonds is 3. The molecule has 1 aromatic rings. The van der Waals surface area contributed by atoms with E-state index in [9.17, 15) is 9.50 Å². The lowest BCUT2D eigenvalue weighted by atomic mass is 9.84. The van der Waals surface area contributed by atoms with Gasteiger partial charge in [0, 0.05) is 13.1 Å². The normalized spacial score (nSPS) is 20.4. The highest BCUT2D eigenvalue weighted by molar-refractivity contribution is 5.24. The summed E-state index contributed by atoms with van der Waals surface area (Å²) in [4.78, 5) is 2.35. The van der Waals surface area contributed by atoms with E-state index in [2.05, 4.69) is 11.8 Å². The van der Waals surface area contributed by atoms with Crippen molar-refractivity contribution in [3.63, 3.8) is 0 Å². The predicted octanol–water partition coefficient (Wildman–Crippen LogP) is 2.52. The summed E-state index contributed by atoms with van der Waals surface area (Å²) in [7, 11) is 0. The average molecular weight is 237 g/mol. The Balaban J connectivity index is 2.06. The van der Waals surface area contributed by atoms with Gasteiger partial charge in [-0.05, 0) is 43.5 Å². The van der Waals surface area contributed by atoms with Crippen molar-refractivity contribution in [1.29, 1.82) is 0 Å². The zero-order valence-corrected chi connectivity index (χ0v) is 10.3. The molecule has 1 aliphatic rings. The van der Waals surface area contributed by atoms with Gasteiger partial charge < -0.3 is 10.0 Å². The molecule has 0 aliphatic carbocycles. The minimum absolute atomic E-state index is 0.271. The zero-order valence-electron chi connectivity index (χ0n) is 10.3. The van der Waals surface area contributed by atoms with E-state index in [0.717, 1.165) is 26.1 Å². The van der Waals surface area contributed by atoms with Crippen LogP contribution < -0.4 is 0 Å². The van der Waals surface area contributed by atoms with Crippen LogP contribution in [0.2, 0.25) is 0 Å². The lowest BCUT2D eigenvalue weighted by Gasteiger charge is -2.38. The fourth-order valence-electron chi connectivity index (χ4n) is 2.53. The SMILES string of the molecule is CCCN1CCC(O)(c2cccc(F)c2)CC1. The summed E-state index contributed by atoms with van der Waals surface area (Å²) in [5, 5.41) is 10.6. The molecule has 0 radical (unpaired) electrons. The largest absolute Gasteiger partial charge is 0.385 e. The zero-order chi connectivity index (χ0) is 12.3. The second-order valence-corrected chi connectivity index (χ2v) is 4.88. The third-order valence-corrected chi connectivity index (χ3v) is 3.59. The standard InChI is InChI=1S/C14H20FNO/c1-2-8-16-9-6-14(17,7-10-16)12-4-3-5-13(15)11-12/h3-5,11,17H,2,6-10H2,1H3. The molecule has 2 nitrogen and oxygen atoms in total. The van der Waals surface area contributed by atoms with Crippen molar-refractivity contribution in [1.82, 2.24) is 4.90 Å². The first-order valence-corrected chi connectivity index (χ1v) is 6.35. The molecule has 1 fully saturated rings. The van der Waals surface area contributed by atoms with E-state index in [0.29, 0.717) is 18.4 Å². The van der Waals surface area contributed by atoms with Gasteiger partial charge in [-0.15, -0.1) is 0 Å². The summed E-state index contributed by atoms with van der Waals surface area (Å²) in [6, 6.07) is 6.36. The van der Waals surface area contributed by atoms with Gasteiger partial charge >= 0.3 is 0 Å². The molecule has 0 spiro atoms. The van der Waals surface area contributed by atoms with E-state index in [1.165, 1.54) is 12.1 Å². The minimum Gasteiger partial charge on any atom is -0.385 e. The van der Waals surface area contributed by atoms with Gasteiger partial charge in [0.1, 0.15) is 5.82 Å². The van der Waals surface area contributed by atoms with Gasteiger partial charge in [0.25, 0.3) is 0 Å². The molecule has 1 heterocycles. The maximum absolute atomic E-state index is 13.2. The van der Waals surface area contributed by atoms with Gasteiger partial charge in [-0.1, -0.05) is 19.1 Å². The molecule has 0 bridgehead atoms. The Kier molecular flexibility index (Phi) is 3.79. The number of piperidine rings is 1. The number of likely N-dealkylation sites (tertiary alicyclic amines) is 1. The molecule has 3 heteroatoms. The first kappa shape index (κ1) is 12.5. The molecular weight excluding hydrogens is 217 g/mol. The first-order chi connectivity index (χ1) is 8.14. The van der Waals surface area contributed by atoms with Crippen LogP contribution in [-0.4, -0.2) is 29.6 Å². The van der Waals surface area contributed by atoms with E-state index in [-0.39, 0.29) is 5.82 Å². The molecule has 1 aliphatic heterocycles. The molecule has 0 aromatic heterocycles. The highest BCUT2D eigenvalue weighted by atomic mass is 19.1. The number of hydrogen-bond acceptors (Lipinski definition) is 2. The van der Waals surface area contributed by atoms with Gasteiger partial charge in [-0.3, -0.25) is 0 Å². The fraction of sp³-hybridized carbons (Fsp3) is 0.571. The molecule has 1 N–H and O–H groups in total. The van der Waals surface area contributed by atoms with Gasteiger partial charge in [0.05, 0.1) is 5.60 Å². The van der Waals surface area contributed by atoms with Crippen molar-refractivity contribution in [3.8, 4) is 0 Å². The molecule has 0 atom stereocenters. The van der Waals surface area contributed by atoms with Crippen LogP contribution >= 0.6 is 0 Å². The molecule has 1 aromatic carbocycles. The number of benzene rings is 1. The van der Waals surface area contributed by atoms with Gasteiger partial charge in [0.2, 0.25) is 0 Å². The second-order valence-electron chi connectivity index (χ2n) is 4.88. The van der Waals surface area contributed by atoms with Gasteiger partial charge in [0.15, 0.2) is 0 Å². The Hall–Kier alpha value is -0.930. The van der Waals surface area contributed by atoms with Gasteiger partial charge in [-0.2, -0.15) is 0 Å². The smallest absolute Gasteiger partial charge is 0.123 e. The van der Waals surface area contributed by atoms with Crippen LogP contribution in [0.3, 0.4) is 0 Å². The topological polar surface area (TPSA) is 23.5 Å². The maximum atomic E-state index is 13.2. The fourth-order valence-corrected chi connectivity index (χ4v) is 2.53. The molecule has 0 amide bonds. The predicted molar refractivity (Wildman–Crippen MR) is 66.3 cm³/mol. The highest BCUT2D eigenvalue weighted by Crippen LogP contribution is 2.32. The molecule has 1 saturated heterocycles. The summed E-state index contributed by atoms with van der Waals surface area (Å²) in [6.45, 7) is 5.02. The lowest BCUT2D eigenvalue weighted by molar-refractivity contribution is -0.0259. The molecule has 2 rings (SSSR count). The van der Waals surface area contributed by atoms with E-state index in [1.807, 2.05) is 6.07 Å². The van der Waals surface area contributed by atoms with Crippen molar-refractivity contribution in [2.24, 2.45) is 0 Å². The Morgan fingerprint density at radius 1 is 1.35 bits per heavy atom. The Morgan fingerprint density at radius 3 is 2.65 bits per heavy atom. The van der Waals surface area contributed by atoms with Crippen LogP contribution in [0.5, 0.6) is 0 Å². The van der Waals surface area contributed by atoms with Crippen molar-refractivity contribution in [2.75, 3.05) is 19.6 Å². The first-order valence-electron chi connectivity index (χ1n) is 6.35. The Morgan fingerprint density at radius 2 is 2.06 bits per heavy atom. The van der Waals surface area contributed by atoms with E-state index in [4.69, 9.17) is 0 Å². The van der Waals surface area contributed by atoms with E-state index >= 15 is 0 Å². The third-order valence-electron chi connectivity index (χ3n) is 3.59. The quantitative estimate of drug-likeness (QED) is 0.873. The highest BCUT2D eigenvalue weighted by Gasteiger charge is 2.33. The van der Waals surface area contributed by atoms with Crippen LogP contribution in [0.15, 0.2) is 24.3 Å².